The van der Waals surface area contributed by atoms with E-state index in [1.807, 2.05) is 17.8 Å². The summed E-state index contributed by atoms with van der Waals surface area (Å²) >= 11 is 2.03. The molecule has 0 radical (unpaired) electrons. The molecule has 2 aromatic rings. The van der Waals surface area contributed by atoms with E-state index in [1.165, 1.54) is 28.2 Å². The molecule has 1 unspecified atom stereocenters. The van der Waals surface area contributed by atoms with E-state index in [-0.39, 0.29) is 5.91 Å². The Hall–Kier alpha value is -1.82. The third kappa shape index (κ3) is 5.41. The molecule has 4 nitrogen and oxygen atoms in total. The van der Waals surface area contributed by atoms with E-state index >= 15 is 0 Å². The van der Waals surface area contributed by atoms with Crippen LogP contribution in [-0.2, 0) is 11.3 Å². The Morgan fingerprint density at radius 1 is 1.10 bits per heavy atom. The van der Waals surface area contributed by atoms with Crippen molar-refractivity contribution in [1.29, 1.82) is 0 Å². The summed E-state index contributed by atoms with van der Waals surface area (Å²) in [6, 6.07) is 17.2. The van der Waals surface area contributed by atoms with Crippen LogP contribution in [0.15, 0.2) is 48.5 Å². The molecule has 1 N–H and O–H groups in total. The van der Waals surface area contributed by atoms with Crippen molar-refractivity contribution in [3.63, 3.8) is 0 Å². The van der Waals surface area contributed by atoms with Gasteiger partial charge in [0.25, 0.3) is 0 Å². The second-order valence-corrected chi connectivity index (χ2v) is 9.35. The Kier molecular flexibility index (Phi) is 6.90. The number of benzene rings is 2. The second-order valence-electron chi connectivity index (χ2n) is 8.12. The summed E-state index contributed by atoms with van der Waals surface area (Å²) in [5.41, 5.74) is 4.85. The molecule has 4 rings (SSSR count). The lowest BCUT2D eigenvalue weighted by Crippen LogP contribution is -2.33. The summed E-state index contributed by atoms with van der Waals surface area (Å²) in [6.45, 7) is 6.86. The summed E-state index contributed by atoms with van der Waals surface area (Å²) in [6.07, 6.45) is 2.28. The van der Waals surface area contributed by atoms with E-state index in [4.69, 9.17) is 0 Å². The molecule has 1 amide bonds. The van der Waals surface area contributed by atoms with Gasteiger partial charge in [-0.1, -0.05) is 36.4 Å². The first-order valence-electron chi connectivity index (χ1n) is 10.7. The lowest BCUT2D eigenvalue weighted by molar-refractivity contribution is -0.117. The first kappa shape index (κ1) is 20.5. The minimum atomic E-state index is 0.0806. The predicted octanol–water partition coefficient (Wildman–Crippen LogP) is 4.32. The Balaban J connectivity index is 1.35. The van der Waals surface area contributed by atoms with Crippen LogP contribution in [0.4, 0.5) is 5.69 Å². The molecule has 0 spiro atoms. The summed E-state index contributed by atoms with van der Waals surface area (Å²) in [4.78, 5) is 17.6. The molecule has 2 aliphatic heterocycles. The zero-order valence-electron chi connectivity index (χ0n) is 17.3. The topological polar surface area (TPSA) is 35.6 Å². The van der Waals surface area contributed by atoms with Gasteiger partial charge in [0.05, 0.1) is 6.54 Å². The lowest BCUT2D eigenvalue weighted by atomic mass is 9.99. The third-order valence-corrected chi connectivity index (χ3v) is 6.92. The molecule has 2 aromatic carbocycles. The van der Waals surface area contributed by atoms with Crippen LogP contribution in [0.2, 0.25) is 0 Å². The van der Waals surface area contributed by atoms with E-state index in [2.05, 4.69) is 64.5 Å². The van der Waals surface area contributed by atoms with Crippen molar-refractivity contribution >= 4 is 23.4 Å². The average molecular weight is 410 g/mol. The maximum atomic E-state index is 12.8. The fourth-order valence-corrected chi connectivity index (χ4v) is 5.46. The van der Waals surface area contributed by atoms with Gasteiger partial charge in [0.15, 0.2) is 0 Å². The van der Waals surface area contributed by atoms with E-state index < -0.39 is 0 Å². The number of nitrogens with one attached hydrogen (secondary N) is 1. The van der Waals surface area contributed by atoms with Crippen molar-refractivity contribution in [1.82, 2.24) is 9.80 Å². The SMILES string of the molecule is Cc1ccccc1C1CCCN1CC(=O)Nc1cccc(CN2CCSCC2)c1. The van der Waals surface area contributed by atoms with Gasteiger partial charge in [-0.3, -0.25) is 14.6 Å². The molecule has 0 bridgehead atoms. The van der Waals surface area contributed by atoms with Crippen LogP contribution >= 0.6 is 11.8 Å². The number of carbonyl (C=O) groups excluding carboxylic acids is 1. The number of rotatable bonds is 6. The predicted molar refractivity (Wildman–Crippen MR) is 122 cm³/mol. The van der Waals surface area contributed by atoms with Crippen LogP contribution in [0.25, 0.3) is 0 Å². The molecule has 2 fully saturated rings. The first-order chi connectivity index (χ1) is 14.2. The highest BCUT2D eigenvalue weighted by atomic mass is 32.2. The average Bonchev–Trinajstić information content (AvgIpc) is 3.17. The Bertz CT molecular complexity index is 834. The maximum absolute atomic E-state index is 12.8. The number of likely N-dealkylation sites (tertiary alicyclic amines) is 1. The van der Waals surface area contributed by atoms with Gasteiger partial charge in [0, 0.05) is 42.9 Å². The van der Waals surface area contributed by atoms with Crippen LogP contribution in [-0.4, -0.2) is 53.4 Å². The van der Waals surface area contributed by atoms with Crippen molar-refractivity contribution in [2.24, 2.45) is 0 Å². The van der Waals surface area contributed by atoms with Crippen LogP contribution in [0, 0.1) is 6.92 Å². The summed E-state index contributed by atoms with van der Waals surface area (Å²) < 4.78 is 0. The van der Waals surface area contributed by atoms with E-state index in [0.29, 0.717) is 12.6 Å². The van der Waals surface area contributed by atoms with Crippen LogP contribution in [0.3, 0.4) is 0 Å². The molecular formula is C24H31N3OS. The highest BCUT2D eigenvalue weighted by molar-refractivity contribution is 7.99. The fraction of sp³-hybridized carbons (Fsp3) is 0.458. The second kappa shape index (κ2) is 9.79. The zero-order valence-corrected chi connectivity index (χ0v) is 18.1. The van der Waals surface area contributed by atoms with Gasteiger partial charge in [-0.25, -0.2) is 0 Å². The quantitative estimate of drug-likeness (QED) is 0.771. The Morgan fingerprint density at radius 2 is 1.93 bits per heavy atom. The Labute approximate surface area is 178 Å². The molecule has 2 heterocycles. The molecule has 2 aliphatic rings. The molecule has 1 atom stereocenters. The molecule has 0 aliphatic carbocycles. The van der Waals surface area contributed by atoms with E-state index in [0.717, 1.165) is 44.7 Å². The van der Waals surface area contributed by atoms with Crippen molar-refractivity contribution in [3.8, 4) is 0 Å². The largest absolute Gasteiger partial charge is 0.325 e. The molecule has 2 saturated heterocycles. The minimum absolute atomic E-state index is 0.0806. The molecular weight excluding hydrogens is 378 g/mol. The zero-order chi connectivity index (χ0) is 20.1. The molecule has 0 aromatic heterocycles. The third-order valence-electron chi connectivity index (χ3n) is 5.98. The van der Waals surface area contributed by atoms with Gasteiger partial charge in [-0.2, -0.15) is 11.8 Å². The van der Waals surface area contributed by atoms with Crippen molar-refractivity contribution in [2.75, 3.05) is 43.0 Å². The van der Waals surface area contributed by atoms with Crippen LogP contribution < -0.4 is 5.32 Å². The highest BCUT2D eigenvalue weighted by Crippen LogP contribution is 2.33. The van der Waals surface area contributed by atoms with E-state index in [1.54, 1.807) is 0 Å². The number of thioether (sulfide) groups is 1. The highest BCUT2D eigenvalue weighted by Gasteiger charge is 2.28. The summed E-state index contributed by atoms with van der Waals surface area (Å²) in [5.74, 6) is 2.51. The number of hydrogen-bond donors (Lipinski definition) is 1. The number of aryl methyl sites for hydroxylation is 1. The standard InChI is InChI=1S/C24H31N3OS/c1-19-6-2-3-9-22(19)23-10-5-11-27(23)18-24(28)25-21-8-4-7-20(16-21)17-26-12-14-29-15-13-26/h2-4,6-9,16,23H,5,10-15,17-18H2,1H3,(H,25,28). The normalized spacial score (nSPS) is 20.7. The smallest absolute Gasteiger partial charge is 0.238 e. The maximum Gasteiger partial charge on any atom is 0.238 e. The monoisotopic (exact) mass is 409 g/mol. The number of amides is 1. The number of hydrogen-bond acceptors (Lipinski definition) is 4. The summed E-state index contributed by atoms with van der Waals surface area (Å²) in [7, 11) is 0. The Morgan fingerprint density at radius 3 is 2.76 bits per heavy atom. The van der Waals surface area contributed by atoms with Gasteiger partial charge in [-0.05, 0) is 55.1 Å². The number of anilines is 1. The number of carbonyl (C=O) groups is 1. The van der Waals surface area contributed by atoms with Crippen molar-refractivity contribution < 1.29 is 4.79 Å². The number of nitrogens with zero attached hydrogens (tertiary/aromatic N) is 2. The van der Waals surface area contributed by atoms with Gasteiger partial charge < -0.3 is 5.32 Å². The summed E-state index contributed by atoms with van der Waals surface area (Å²) in [5, 5.41) is 3.13. The van der Waals surface area contributed by atoms with Crippen molar-refractivity contribution in [2.45, 2.75) is 32.4 Å². The van der Waals surface area contributed by atoms with Gasteiger partial charge in [-0.15, -0.1) is 0 Å². The van der Waals surface area contributed by atoms with Gasteiger partial charge in [0.2, 0.25) is 5.91 Å². The van der Waals surface area contributed by atoms with Crippen molar-refractivity contribution in [3.05, 3.63) is 65.2 Å². The lowest BCUT2D eigenvalue weighted by Gasteiger charge is -2.26. The molecule has 0 saturated carbocycles. The van der Waals surface area contributed by atoms with Crippen LogP contribution in [0.1, 0.15) is 35.6 Å². The molecule has 5 heteroatoms. The molecule has 154 valence electrons. The first-order valence-corrected chi connectivity index (χ1v) is 11.8. The van der Waals surface area contributed by atoms with E-state index in [9.17, 15) is 4.79 Å². The molecule has 29 heavy (non-hydrogen) atoms. The van der Waals surface area contributed by atoms with Gasteiger partial charge in [0.1, 0.15) is 0 Å². The van der Waals surface area contributed by atoms with Gasteiger partial charge >= 0.3 is 0 Å². The fourth-order valence-electron chi connectivity index (χ4n) is 4.48. The van der Waals surface area contributed by atoms with Crippen LogP contribution in [0.5, 0.6) is 0 Å². The minimum Gasteiger partial charge on any atom is -0.325 e.